The second kappa shape index (κ2) is 7.44. The first-order valence-corrected chi connectivity index (χ1v) is 7.23. The average Bonchev–Trinajstić information content (AvgIpc) is 2.93. The number of carboxylic acids is 1. The van der Waals surface area contributed by atoms with E-state index in [4.69, 9.17) is 22.6 Å². The Morgan fingerprint density at radius 2 is 2.21 bits per heavy atom. The van der Waals surface area contributed by atoms with Crippen molar-refractivity contribution in [1.82, 2.24) is 9.78 Å². The van der Waals surface area contributed by atoms with Gasteiger partial charge in [0.05, 0.1) is 5.69 Å². The van der Waals surface area contributed by atoms with Crippen molar-refractivity contribution in [3.05, 3.63) is 46.6 Å². The molecule has 0 radical (unpaired) electrons. The van der Waals surface area contributed by atoms with Gasteiger partial charge in [-0.3, -0.25) is 9.48 Å². The summed E-state index contributed by atoms with van der Waals surface area (Å²) < 4.78 is 1.40. The van der Waals surface area contributed by atoms with E-state index in [1.807, 2.05) is 0 Å². The van der Waals surface area contributed by atoms with Gasteiger partial charge in [-0.15, -0.1) is 0 Å². The smallest absolute Gasteiger partial charge is 0.259 e. The molecule has 1 heterocycles. The van der Waals surface area contributed by atoms with Gasteiger partial charge in [0.15, 0.2) is 0 Å². The topological polar surface area (TPSA) is 125 Å². The molecule has 0 bridgehead atoms. The summed E-state index contributed by atoms with van der Waals surface area (Å²) in [6.07, 6.45) is 2.61. The molecule has 2 N–H and O–H groups in total. The zero-order valence-corrected chi connectivity index (χ0v) is 13.2. The number of benzene rings is 1. The molecule has 0 saturated carbocycles. The number of hydrogen-bond donors (Lipinski definition) is 1. The van der Waals surface area contributed by atoms with Crippen LogP contribution in [0.15, 0.2) is 36.0 Å². The van der Waals surface area contributed by atoms with Crippen molar-refractivity contribution in [3.63, 3.8) is 0 Å². The van der Waals surface area contributed by atoms with E-state index >= 15 is 0 Å². The van der Waals surface area contributed by atoms with Crippen LogP contribution < -0.4 is 10.8 Å². The summed E-state index contributed by atoms with van der Waals surface area (Å²) in [5.41, 5.74) is 6.47. The normalized spacial score (nSPS) is 11.1. The van der Waals surface area contributed by atoms with Crippen LogP contribution in [-0.4, -0.2) is 21.7 Å². The Kier molecular flexibility index (Phi) is 5.35. The van der Waals surface area contributed by atoms with Gasteiger partial charge in [0, 0.05) is 41.3 Å². The van der Waals surface area contributed by atoms with Gasteiger partial charge in [-0.25, -0.2) is 0 Å². The molecule has 0 aliphatic heterocycles. The second-order valence-corrected chi connectivity index (χ2v) is 5.30. The highest BCUT2D eigenvalue weighted by atomic mass is 35.5. The van der Waals surface area contributed by atoms with Crippen LogP contribution in [0.1, 0.15) is 12.0 Å². The lowest BCUT2D eigenvalue weighted by Crippen LogP contribution is -2.23. The Labute approximate surface area is 142 Å². The van der Waals surface area contributed by atoms with E-state index in [9.17, 15) is 14.7 Å². The van der Waals surface area contributed by atoms with E-state index in [1.54, 1.807) is 30.3 Å². The molecular formula is C16H12ClN4O3-. The number of hydrogen-bond acceptors (Lipinski definition) is 5. The number of aryl methyl sites for hydroxylation is 1. The highest BCUT2D eigenvalue weighted by molar-refractivity contribution is 6.30. The monoisotopic (exact) mass is 343 g/mol. The fourth-order valence-electron chi connectivity index (χ4n) is 2.04. The first-order chi connectivity index (χ1) is 11.4. The third kappa shape index (κ3) is 4.21. The second-order valence-electron chi connectivity index (χ2n) is 4.86. The summed E-state index contributed by atoms with van der Waals surface area (Å²) in [6, 6.07) is 8.56. The van der Waals surface area contributed by atoms with Crippen molar-refractivity contribution >= 4 is 29.6 Å². The Bertz CT molecular complexity index is 864. The number of aromatic nitrogens is 2. The van der Waals surface area contributed by atoms with Crippen LogP contribution in [0.2, 0.25) is 5.02 Å². The zero-order chi connectivity index (χ0) is 17.7. The molecule has 2 aromatic rings. The Balaban J connectivity index is 2.52. The predicted octanol–water partition coefficient (Wildman–Crippen LogP) is 0.736. The fraction of sp³-hybridized carbons (Fsp3) is 0.125. The zero-order valence-electron chi connectivity index (χ0n) is 12.4. The molecule has 0 saturated heterocycles. The van der Waals surface area contributed by atoms with Crippen molar-refractivity contribution < 1.29 is 14.7 Å². The molecule has 0 aliphatic rings. The molecule has 0 unspecified atom stereocenters. The number of halogens is 1. The summed E-state index contributed by atoms with van der Waals surface area (Å²) in [6.45, 7) is 0.0855. The van der Waals surface area contributed by atoms with Crippen molar-refractivity contribution in [2.75, 3.05) is 0 Å². The van der Waals surface area contributed by atoms with Gasteiger partial charge in [0.25, 0.3) is 5.91 Å². The van der Waals surface area contributed by atoms with Gasteiger partial charge < -0.3 is 15.6 Å². The summed E-state index contributed by atoms with van der Waals surface area (Å²) >= 11 is 5.98. The number of rotatable bonds is 6. The predicted molar refractivity (Wildman–Crippen MR) is 85.1 cm³/mol. The van der Waals surface area contributed by atoms with Crippen molar-refractivity contribution in [2.24, 2.45) is 5.73 Å². The molecule has 8 heteroatoms. The Hall–Kier alpha value is -3.11. The van der Waals surface area contributed by atoms with E-state index < -0.39 is 11.9 Å². The Morgan fingerprint density at radius 1 is 1.46 bits per heavy atom. The van der Waals surface area contributed by atoms with E-state index in [1.165, 1.54) is 17.0 Å². The number of primary amides is 1. The van der Waals surface area contributed by atoms with Crippen LogP contribution in [0, 0.1) is 11.3 Å². The van der Waals surface area contributed by atoms with Crippen LogP contribution in [0.5, 0.6) is 0 Å². The van der Waals surface area contributed by atoms with Crippen LogP contribution in [-0.2, 0) is 16.1 Å². The molecule has 1 aromatic carbocycles. The number of carbonyl (C=O) groups is 2. The van der Waals surface area contributed by atoms with E-state index in [-0.39, 0.29) is 18.5 Å². The molecule has 0 fully saturated rings. The number of carbonyl (C=O) groups excluding carboxylic acids is 2. The minimum Gasteiger partial charge on any atom is -0.550 e. The van der Waals surface area contributed by atoms with Gasteiger partial charge in [-0.05, 0) is 18.2 Å². The minimum absolute atomic E-state index is 0.0855. The van der Waals surface area contributed by atoms with Gasteiger partial charge >= 0.3 is 0 Å². The van der Waals surface area contributed by atoms with Gasteiger partial charge in [-0.2, -0.15) is 10.4 Å². The molecule has 24 heavy (non-hydrogen) atoms. The van der Waals surface area contributed by atoms with Crippen LogP contribution in [0.3, 0.4) is 0 Å². The van der Waals surface area contributed by atoms with E-state index in [0.29, 0.717) is 21.8 Å². The molecule has 0 aliphatic carbocycles. The maximum Gasteiger partial charge on any atom is 0.259 e. The van der Waals surface area contributed by atoms with Crippen LogP contribution in [0.25, 0.3) is 17.3 Å². The molecule has 2 rings (SSSR count). The first kappa shape index (κ1) is 17.2. The largest absolute Gasteiger partial charge is 0.550 e. The molecule has 1 amide bonds. The lowest BCUT2D eigenvalue weighted by atomic mass is 10.1. The van der Waals surface area contributed by atoms with Gasteiger partial charge in [0.1, 0.15) is 11.6 Å². The number of nitriles is 1. The lowest BCUT2D eigenvalue weighted by Gasteiger charge is -2.02. The molecule has 122 valence electrons. The molecule has 7 nitrogen and oxygen atoms in total. The van der Waals surface area contributed by atoms with E-state index in [0.717, 1.165) is 0 Å². The quantitative estimate of drug-likeness (QED) is 0.611. The minimum atomic E-state index is -1.21. The Morgan fingerprint density at radius 3 is 2.79 bits per heavy atom. The first-order valence-electron chi connectivity index (χ1n) is 6.85. The molecule has 0 atom stereocenters. The molecular weight excluding hydrogens is 332 g/mol. The van der Waals surface area contributed by atoms with Gasteiger partial charge in [-0.1, -0.05) is 23.7 Å². The third-order valence-electron chi connectivity index (χ3n) is 3.12. The van der Waals surface area contributed by atoms with Crippen molar-refractivity contribution in [1.29, 1.82) is 5.26 Å². The average molecular weight is 344 g/mol. The van der Waals surface area contributed by atoms with E-state index in [2.05, 4.69) is 5.10 Å². The number of amides is 1. The SMILES string of the molecule is N#C/C(=C/c1cn(CCC(=O)[O-])nc1-c1cccc(Cl)c1)C(N)=O. The third-order valence-corrected chi connectivity index (χ3v) is 3.35. The maximum absolute atomic E-state index is 11.3. The summed E-state index contributed by atoms with van der Waals surface area (Å²) in [5.74, 6) is -2.07. The number of carboxylic acid groups (broad SMARTS) is 1. The highest BCUT2D eigenvalue weighted by Crippen LogP contribution is 2.26. The highest BCUT2D eigenvalue weighted by Gasteiger charge is 2.13. The maximum atomic E-state index is 11.3. The van der Waals surface area contributed by atoms with Crippen LogP contribution >= 0.6 is 11.6 Å². The number of nitrogens with zero attached hydrogens (tertiary/aromatic N) is 3. The van der Waals surface area contributed by atoms with Crippen molar-refractivity contribution in [3.8, 4) is 17.3 Å². The summed E-state index contributed by atoms with van der Waals surface area (Å²) in [4.78, 5) is 21.9. The molecule has 0 spiro atoms. The lowest BCUT2D eigenvalue weighted by molar-refractivity contribution is -0.306. The van der Waals surface area contributed by atoms with Crippen LogP contribution in [0.4, 0.5) is 0 Å². The van der Waals surface area contributed by atoms with Gasteiger partial charge in [0.2, 0.25) is 0 Å². The standard InChI is InChI=1S/C16H13ClN4O3/c17-13-3-1-2-10(7-13)15-12(6-11(8-18)16(19)24)9-21(20-15)5-4-14(22)23/h1-3,6-7,9H,4-5H2,(H2,19,24)(H,22,23)/p-1/b11-6-. The number of nitrogens with two attached hydrogens (primary N) is 1. The number of aliphatic carboxylic acids is 1. The summed E-state index contributed by atoms with van der Waals surface area (Å²) in [7, 11) is 0. The summed E-state index contributed by atoms with van der Waals surface area (Å²) in [5, 5.41) is 24.4. The molecule has 1 aromatic heterocycles. The van der Waals surface area contributed by atoms with Crippen molar-refractivity contribution in [2.45, 2.75) is 13.0 Å². The fourth-order valence-corrected chi connectivity index (χ4v) is 2.23.